The Morgan fingerprint density at radius 3 is 2.67 bits per heavy atom. The first kappa shape index (κ1) is 18.8. The molecule has 1 aromatic rings. The van der Waals surface area contributed by atoms with Crippen LogP contribution in [-0.2, 0) is 4.74 Å². The Bertz CT molecular complexity index is 679. The lowest BCUT2D eigenvalue weighted by molar-refractivity contribution is -0.00547. The van der Waals surface area contributed by atoms with Gasteiger partial charge in [-0.3, -0.25) is 5.43 Å². The number of aromatic nitrogens is 2. The summed E-state index contributed by atoms with van der Waals surface area (Å²) < 4.78 is 5.87. The molecule has 1 aromatic heterocycles. The van der Waals surface area contributed by atoms with Crippen molar-refractivity contribution in [2.75, 3.05) is 18.0 Å². The van der Waals surface area contributed by atoms with Crippen molar-refractivity contribution in [3.63, 3.8) is 0 Å². The zero-order chi connectivity index (χ0) is 19.0. The lowest BCUT2D eigenvalue weighted by Crippen LogP contribution is -2.46. The predicted molar refractivity (Wildman–Crippen MR) is 107 cm³/mol. The summed E-state index contributed by atoms with van der Waals surface area (Å²) in [6.45, 7) is 10.4. The third-order valence-corrected chi connectivity index (χ3v) is 6.10. The molecule has 0 radical (unpaired) electrons. The van der Waals surface area contributed by atoms with E-state index in [1.807, 2.05) is 0 Å². The first-order valence-corrected chi connectivity index (χ1v) is 10.4. The van der Waals surface area contributed by atoms with E-state index in [1.165, 1.54) is 24.8 Å². The number of fused-ring (bicyclic) bond motifs is 1. The van der Waals surface area contributed by atoms with Gasteiger partial charge in [0.2, 0.25) is 0 Å². The summed E-state index contributed by atoms with van der Waals surface area (Å²) >= 11 is 0. The molecular formula is C21H33N5O. The van der Waals surface area contributed by atoms with Gasteiger partial charge in [-0.2, -0.15) is 0 Å². The Balaban J connectivity index is 1.52. The zero-order valence-corrected chi connectivity index (χ0v) is 17.0. The van der Waals surface area contributed by atoms with Crippen LogP contribution in [0.25, 0.3) is 0 Å². The van der Waals surface area contributed by atoms with Crippen LogP contribution < -0.4 is 15.8 Å². The number of hydrogen-bond acceptors (Lipinski definition) is 6. The normalized spacial score (nSPS) is 36.4. The highest BCUT2D eigenvalue weighted by Gasteiger charge is 2.41. The quantitative estimate of drug-likeness (QED) is 0.797. The van der Waals surface area contributed by atoms with Crippen molar-refractivity contribution in [1.29, 1.82) is 0 Å². The number of nitrogens with zero attached hydrogens (tertiary/aromatic N) is 3. The van der Waals surface area contributed by atoms with E-state index in [0.717, 1.165) is 24.6 Å². The molecule has 6 heteroatoms. The molecule has 0 bridgehead atoms. The Morgan fingerprint density at radius 2 is 1.93 bits per heavy atom. The van der Waals surface area contributed by atoms with Gasteiger partial charge >= 0.3 is 0 Å². The molecule has 0 aromatic carbocycles. The summed E-state index contributed by atoms with van der Waals surface area (Å²) in [4.78, 5) is 11.5. The van der Waals surface area contributed by atoms with Crippen molar-refractivity contribution in [2.45, 2.75) is 71.2 Å². The topological polar surface area (TPSA) is 62.3 Å². The number of nitrogens with one attached hydrogen (secondary N) is 2. The Morgan fingerprint density at radius 1 is 1.15 bits per heavy atom. The monoisotopic (exact) mass is 371 g/mol. The molecule has 148 valence electrons. The molecule has 4 rings (SSSR count). The van der Waals surface area contributed by atoms with Crippen molar-refractivity contribution in [1.82, 2.24) is 20.8 Å². The fourth-order valence-corrected chi connectivity index (χ4v) is 5.08. The van der Waals surface area contributed by atoms with E-state index in [0.29, 0.717) is 17.9 Å². The van der Waals surface area contributed by atoms with Crippen LogP contribution in [0.15, 0.2) is 24.0 Å². The van der Waals surface area contributed by atoms with Crippen molar-refractivity contribution in [3.8, 4) is 0 Å². The molecule has 6 nitrogen and oxygen atoms in total. The number of hydrogen-bond donors (Lipinski definition) is 2. The summed E-state index contributed by atoms with van der Waals surface area (Å²) in [6.07, 6.45) is 8.34. The van der Waals surface area contributed by atoms with Crippen molar-refractivity contribution in [3.05, 3.63) is 29.7 Å². The summed E-state index contributed by atoms with van der Waals surface area (Å²) in [6, 6.07) is 2.97. The molecule has 2 N–H and O–H groups in total. The number of hydrazine groups is 1. The highest BCUT2D eigenvalue weighted by molar-refractivity contribution is 5.41. The molecule has 2 aliphatic heterocycles. The number of morpholine rings is 1. The second-order valence-corrected chi connectivity index (χ2v) is 8.82. The fraction of sp³-hybridized carbons (Fsp3) is 0.714. The minimum atomic E-state index is 0.228. The van der Waals surface area contributed by atoms with E-state index < -0.39 is 0 Å². The first-order valence-electron chi connectivity index (χ1n) is 10.4. The second kappa shape index (κ2) is 7.86. The van der Waals surface area contributed by atoms with Crippen molar-refractivity contribution in [2.24, 2.45) is 11.8 Å². The van der Waals surface area contributed by atoms with Crippen LogP contribution in [-0.4, -0.2) is 41.3 Å². The van der Waals surface area contributed by atoms with Crippen LogP contribution in [0.4, 0.5) is 5.82 Å². The van der Waals surface area contributed by atoms with E-state index in [4.69, 9.17) is 4.74 Å². The number of rotatable bonds is 3. The van der Waals surface area contributed by atoms with Gasteiger partial charge in [-0.15, -0.1) is 0 Å². The van der Waals surface area contributed by atoms with Crippen molar-refractivity contribution < 1.29 is 4.74 Å². The zero-order valence-electron chi connectivity index (χ0n) is 17.0. The fourth-order valence-electron chi connectivity index (χ4n) is 5.08. The van der Waals surface area contributed by atoms with Gasteiger partial charge in [-0.1, -0.05) is 11.6 Å². The van der Waals surface area contributed by atoms with Crippen LogP contribution in [0.1, 0.15) is 58.7 Å². The number of anilines is 1. The maximum absolute atomic E-state index is 5.87. The first-order chi connectivity index (χ1) is 13.0. The van der Waals surface area contributed by atoms with Gasteiger partial charge < -0.3 is 9.64 Å². The minimum Gasteiger partial charge on any atom is -0.372 e. The minimum absolute atomic E-state index is 0.228. The van der Waals surface area contributed by atoms with Crippen LogP contribution in [0.3, 0.4) is 0 Å². The number of ether oxygens (including phenoxy) is 1. The average molecular weight is 372 g/mol. The summed E-state index contributed by atoms with van der Waals surface area (Å²) in [5.41, 5.74) is 9.59. The molecular weight excluding hydrogens is 338 g/mol. The highest BCUT2D eigenvalue weighted by Crippen LogP contribution is 2.41. The van der Waals surface area contributed by atoms with Gasteiger partial charge in [-0.05, 0) is 58.8 Å². The van der Waals surface area contributed by atoms with E-state index >= 15 is 0 Å². The lowest BCUT2D eigenvalue weighted by Gasteiger charge is -2.36. The number of allylic oxidation sites excluding steroid dienone is 2. The second-order valence-electron chi connectivity index (χ2n) is 8.82. The van der Waals surface area contributed by atoms with E-state index in [9.17, 15) is 0 Å². The van der Waals surface area contributed by atoms with Crippen LogP contribution >= 0.6 is 0 Å². The van der Waals surface area contributed by atoms with Gasteiger partial charge in [0.15, 0.2) is 0 Å². The summed E-state index contributed by atoms with van der Waals surface area (Å²) in [5.74, 6) is 2.27. The van der Waals surface area contributed by atoms with Crippen LogP contribution in [0.5, 0.6) is 0 Å². The largest absolute Gasteiger partial charge is 0.372 e. The molecule has 1 aliphatic carbocycles. The third-order valence-electron chi connectivity index (χ3n) is 6.10. The Kier molecular flexibility index (Phi) is 5.48. The lowest BCUT2D eigenvalue weighted by atomic mass is 9.75. The Labute approximate surface area is 162 Å². The average Bonchev–Trinajstić information content (AvgIpc) is 3.04. The molecule has 27 heavy (non-hydrogen) atoms. The molecule has 3 aliphatic rings. The van der Waals surface area contributed by atoms with Gasteiger partial charge in [0.1, 0.15) is 12.1 Å². The van der Waals surface area contributed by atoms with Crippen LogP contribution in [0.2, 0.25) is 0 Å². The molecule has 3 fully saturated rings. The van der Waals surface area contributed by atoms with E-state index in [1.54, 1.807) is 6.33 Å². The van der Waals surface area contributed by atoms with Gasteiger partial charge in [-0.25, -0.2) is 15.4 Å². The van der Waals surface area contributed by atoms with Gasteiger partial charge in [0.05, 0.1) is 23.9 Å². The Hall–Kier alpha value is -1.50. The molecule has 4 unspecified atom stereocenters. The molecule has 2 saturated heterocycles. The van der Waals surface area contributed by atoms with E-state index in [2.05, 4.69) is 65.6 Å². The van der Waals surface area contributed by atoms with Crippen molar-refractivity contribution >= 4 is 5.82 Å². The molecule has 0 amide bonds. The summed E-state index contributed by atoms with van der Waals surface area (Å²) in [5, 5.41) is 0. The van der Waals surface area contributed by atoms with E-state index in [-0.39, 0.29) is 18.2 Å². The molecule has 3 heterocycles. The van der Waals surface area contributed by atoms with Gasteiger partial charge in [0.25, 0.3) is 0 Å². The van der Waals surface area contributed by atoms with Crippen LogP contribution in [0, 0.1) is 11.8 Å². The SMILES string of the molecule is CC(C)=CC1CCC2NNC(c3cc(N4C[C@@H](C)O[C@@H](C)C4)ncn3)C2C1. The maximum Gasteiger partial charge on any atom is 0.132 e. The summed E-state index contributed by atoms with van der Waals surface area (Å²) in [7, 11) is 0. The smallest absolute Gasteiger partial charge is 0.132 e. The standard InChI is InChI=1S/C21H33N5O/c1-13(2)7-16-5-6-18-17(8-16)21(25-24-18)19-9-20(23-12-22-19)26-10-14(3)27-15(4)11-26/h7,9,12,14-18,21,24-25H,5-6,8,10-11H2,1-4H3/t14-,15+,16?,17?,18?,21?. The highest BCUT2D eigenvalue weighted by atomic mass is 16.5. The molecule has 0 spiro atoms. The predicted octanol–water partition coefficient (Wildman–Crippen LogP) is 2.99. The molecule has 6 atom stereocenters. The maximum atomic E-state index is 5.87. The third kappa shape index (κ3) is 4.18. The molecule has 1 saturated carbocycles. The van der Waals surface area contributed by atoms with Gasteiger partial charge in [0, 0.05) is 25.2 Å².